The molecule has 0 fully saturated rings. The summed E-state index contributed by atoms with van der Waals surface area (Å²) < 4.78 is 5.39. The van der Waals surface area contributed by atoms with E-state index in [-0.39, 0.29) is 0 Å². The molecule has 0 aliphatic carbocycles. The maximum absolute atomic E-state index is 11.8. The Balaban J connectivity index is 2.94. The number of primary amides is 1. The van der Waals surface area contributed by atoms with Crippen LogP contribution in [0.2, 0.25) is 0 Å². The maximum Gasteiger partial charge on any atom is 0.242 e. The summed E-state index contributed by atoms with van der Waals surface area (Å²) >= 11 is 0. The Bertz CT molecular complexity index is 440. The van der Waals surface area contributed by atoms with Crippen LogP contribution in [0.3, 0.4) is 0 Å². The first-order valence-corrected chi connectivity index (χ1v) is 6.38. The van der Waals surface area contributed by atoms with Crippen molar-refractivity contribution in [1.82, 2.24) is 0 Å². The van der Waals surface area contributed by atoms with Gasteiger partial charge in [0.25, 0.3) is 0 Å². The molecule has 0 heterocycles. The maximum atomic E-state index is 11.8. The molecule has 0 aliphatic rings. The molecule has 4 heteroatoms. The first kappa shape index (κ1) is 15.5. The molecule has 0 bridgehead atoms. The molecule has 1 atom stereocenters. The fourth-order valence-electron chi connectivity index (χ4n) is 2.07. The van der Waals surface area contributed by atoms with Crippen LogP contribution in [0.25, 0.3) is 0 Å². The van der Waals surface area contributed by atoms with Crippen molar-refractivity contribution in [3.8, 4) is 0 Å². The first-order valence-electron chi connectivity index (χ1n) is 6.38. The lowest BCUT2D eigenvalue weighted by molar-refractivity contribution is -0.124. The van der Waals surface area contributed by atoms with Crippen LogP contribution in [0.4, 0.5) is 5.69 Å². The summed E-state index contributed by atoms with van der Waals surface area (Å²) in [6.07, 6.45) is 0.486. The number of benzene rings is 1. The molecule has 0 aromatic heterocycles. The van der Waals surface area contributed by atoms with Crippen LogP contribution in [-0.2, 0) is 9.53 Å². The van der Waals surface area contributed by atoms with Gasteiger partial charge >= 0.3 is 0 Å². The smallest absolute Gasteiger partial charge is 0.242 e. The number of hydrogen-bond donors (Lipinski definition) is 2. The zero-order chi connectivity index (χ0) is 14.7. The van der Waals surface area contributed by atoms with Gasteiger partial charge in [-0.3, -0.25) is 4.79 Å². The molecule has 1 rings (SSSR count). The predicted molar refractivity (Wildman–Crippen MR) is 78.1 cm³/mol. The Morgan fingerprint density at radius 3 is 2.21 bits per heavy atom. The molecule has 106 valence electrons. The molecule has 0 spiro atoms. The normalized spacial score (nSPS) is 14.8. The summed E-state index contributed by atoms with van der Waals surface area (Å²) in [7, 11) is 1.63. The predicted octanol–water partition coefficient (Wildman–Crippen LogP) is 2.47. The van der Waals surface area contributed by atoms with E-state index in [1.165, 1.54) is 5.56 Å². The molecule has 1 aromatic rings. The Morgan fingerprint density at radius 1 is 1.26 bits per heavy atom. The number of carbonyl (C=O) groups is 1. The molecule has 1 unspecified atom stereocenters. The van der Waals surface area contributed by atoms with Crippen LogP contribution >= 0.6 is 0 Å². The molecule has 0 saturated heterocycles. The number of aryl methyl sites for hydroxylation is 1. The van der Waals surface area contributed by atoms with Gasteiger partial charge in [-0.1, -0.05) is 17.7 Å². The van der Waals surface area contributed by atoms with E-state index in [2.05, 4.69) is 5.32 Å². The number of nitrogens with two attached hydrogens (primary N) is 1. The quantitative estimate of drug-likeness (QED) is 0.829. The van der Waals surface area contributed by atoms with Crippen LogP contribution in [0.1, 0.15) is 32.8 Å². The summed E-state index contributed by atoms with van der Waals surface area (Å²) in [4.78, 5) is 11.8. The van der Waals surface area contributed by atoms with Gasteiger partial charge in [0.05, 0.1) is 5.60 Å². The molecule has 19 heavy (non-hydrogen) atoms. The van der Waals surface area contributed by atoms with Crippen molar-refractivity contribution < 1.29 is 9.53 Å². The number of carbonyl (C=O) groups excluding carboxylic acids is 1. The summed E-state index contributed by atoms with van der Waals surface area (Å²) in [6, 6.07) is 7.86. The molecular weight excluding hydrogens is 240 g/mol. The minimum Gasteiger partial charge on any atom is -0.379 e. The second-order valence-electron chi connectivity index (χ2n) is 5.83. The van der Waals surface area contributed by atoms with E-state index >= 15 is 0 Å². The minimum atomic E-state index is -0.852. The second kappa shape index (κ2) is 5.61. The number of methoxy groups -OCH3 is 1. The number of amides is 1. The van der Waals surface area contributed by atoms with E-state index in [1.807, 2.05) is 45.0 Å². The van der Waals surface area contributed by atoms with E-state index in [0.29, 0.717) is 6.42 Å². The van der Waals surface area contributed by atoms with Crippen molar-refractivity contribution in [2.45, 2.75) is 45.3 Å². The van der Waals surface area contributed by atoms with Crippen LogP contribution in [0, 0.1) is 6.92 Å². The summed E-state index contributed by atoms with van der Waals surface area (Å²) in [5.41, 5.74) is 6.32. The van der Waals surface area contributed by atoms with Crippen LogP contribution in [-0.4, -0.2) is 24.2 Å². The van der Waals surface area contributed by atoms with Crippen molar-refractivity contribution in [3.05, 3.63) is 29.8 Å². The number of anilines is 1. The molecule has 0 aliphatic heterocycles. The second-order valence-corrected chi connectivity index (χ2v) is 5.83. The number of ether oxygens (including phenoxy) is 1. The van der Waals surface area contributed by atoms with Crippen molar-refractivity contribution in [2.24, 2.45) is 5.73 Å². The summed E-state index contributed by atoms with van der Waals surface area (Å²) in [5.74, 6) is -0.391. The highest BCUT2D eigenvalue weighted by molar-refractivity contribution is 5.87. The molecular formula is C15H24N2O2. The lowest BCUT2D eigenvalue weighted by Gasteiger charge is -2.35. The van der Waals surface area contributed by atoms with Crippen molar-refractivity contribution in [2.75, 3.05) is 12.4 Å². The Kier molecular flexibility index (Phi) is 4.58. The molecule has 3 N–H and O–H groups in total. The van der Waals surface area contributed by atoms with Crippen LogP contribution in [0.5, 0.6) is 0 Å². The number of rotatable bonds is 6. The first-order chi connectivity index (χ1) is 8.68. The monoisotopic (exact) mass is 264 g/mol. The van der Waals surface area contributed by atoms with Gasteiger partial charge in [-0.25, -0.2) is 0 Å². The van der Waals surface area contributed by atoms with Crippen LogP contribution in [0.15, 0.2) is 24.3 Å². The van der Waals surface area contributed by atoms with Gasteiger partial charge in [-0.15, -0.1) is 0 Å². The average Bonchev–Trinajstić information content (AvgIpc) is 2.31. The molecule has 0 radical (unpaired) electrons. The Labute approximate surface area is 115 Å². The number of hydrogen-bond acceptors (Lipinski definition) is 3. The highest BCUT2D eigenvalue weighted by atomic mass is 16.5. The van der Waals surface area contributed by atoms with E-state index < -0.39 is 17.0 Å². The van der Waals surface area contributed by atoms with Gasteiger partial charge in [0.2, 0.25) is 5.91 Å². The largest absolute Gasteiger partial charge is 0.379 e. The molecule has 1 aromatic carbocycles. The molecule has 1 amide bonds. The van der Waals surface area contributed by atoms with Crippen molar-refractivity contribution in [3.63, 3.8) is 0 Å². The zero-order valence-electron chi connectivity index (χ0n) is 12.4. The highest BCUT2D eigenvalue weighted by Gasteiger charge is 2.37. The third-order valence-electron chi connectivity index (χ3n) is 3.35. The van der Waals surface area contributed by atoms with Gasteiger partial charge < -0.3 is 15.8 Å². The van der Waals surface area contributed by atoms with Gasteiger partial charge in [0.15, 0.2) is 0 Å². The SMILES string of the molecule is COC(C)(C)CC(C)(Nc1ccc(C)cc1)C(N)=O. The van der Waals surface area contributed by atoms with Gasteiger partial charge in [0, 0.05) is 19.2 Å². The fourth-order valence-corrected chi connectivity index (χ4v) is 2.07. The lowest BCUT2D eigenvalue weighted by Crippen LogP contribution is -2.52. The number of nitrogens with one attached hydrogen (secondary N) is 1. The Morgan fingerprint density at radius 2 is 1.79 bits per heavy atom. The Hall–Kier alpha value is -1.55. The summed E-state index contributed by atoms with van der Waals surface area (Å²) in [5, 5.41) is 3.22. The third kappa shape index (κ3) is 4.24. The zero-order valence-corrected chi connectivity index (χ0v) is 12.4. The van der Waals surface area contributed by atoms with Gasteiger partial charge in [-0.05, 0) is 39.8 Å². The lowest BCUT2D eigenvalue weighted by atomic mass is 9.86. The topological polar surface area (TPSA) is 64.3 Å². The van der Waals surface area contributed by atoms with Gasteiger partial charge in [0.1, 0.15) is 5.54 Å². The van der Waals surface area contributed by atoms with Gasteiger partial charge in [-0.2, -0.15) is 0 Å². The summed E-state index contributed by atoms with van der Waals surface area (Å²) in [6.45, 7) is 7.69. The average molecular weight is 264 g/mol. The van der Waals surface area contributed by atoms with E-state index in [4.69, 9.17) is 10.5 Å². The van der Waals surface area contributed by atoms with E-state index in [1.54, 1.807) is 14.0 Å². The van der Waals surface area contributed by atoms with E-state index in [0.717, 1.165) is 5.69 Å². The van der Waals surface area contributed by atoms with Crippen LogP contribution < -0.4 is 11.1 Å². The minimum absolute atomic E-state index is 0.391. The fraction of sp³-hybridized carbons (Fsp3) is 0.533. The standard InChI is InChI=1S/C15H24N2O2/c1-11-6-8-12(9-7-11)17-15(4,13(16)18)10-14(2,3)19-5/h6-9,17H,10H2,1-5H3,(H2,16,18). The van der Waals surface area contributed by atoms with E-state index in [9.17, 15) is 4.79 Å². The molecule has 0 saturated carbocycles. The highest BCUT2D eigenvalue weighted by Crippen LogP contribution is 2.26. The van der Waals surface area contributed by atoms with Crippen molar-refractivity contribution in [1.29, 1.82) is 0 Å². The third-order valence-corrected chi connectivity index (χ3v) is 3.35. The van der Waals surface area contributed by atoms with Crippen molar-refractivity contribution >= 4 is 11.6 Å². The molecule has 4 nitrogen and oxygen atoms in total.